The van der Waals surface area contributed by atoms with Crippen LogP contribution >= 0.6 is 0 Å². The van der Waals surface area contributed by atoms with E-state index < -0.39 is 0 Å². The Labute approximate surface area is 135 Å². The summed E-state index contributed by atoms with van der Waals surface area (Å²) >= 11 is 0. The van der Waals surface area contributed by atoms with E-state index in [0.717, 1.165) is 6.54 Å². The molecule has 1 heterocycles. The molecule has 3 rings (SSSR count). The average Bonchev–Trinajstić information content (AvgIpc) is 3.24. The highest BCUT2D eigenvalue weighted by Crippen LogP contribution is 2.49. The molecule has 2 heteroatoms. The van der Waals surface area contributed by atoms with E-state index in [9.17, 15) is 0 Å². The number of ether oxygens (including phenoxy) is 1. The fraction of sp³-hybridized carbons (Fsp3) is 0.700. The molecule has 122 valence electrons. The first-order chi connectivity index (χ1) is 10.5. The summed E-state index contributed by atoms with van der Waals surface area (Å²) in [4.78, 5) is 2.72. The van der Waals surface area contributed by atoms with Crippen molar-refractivity contribution in [2.24, 2.45) is 0 Å². The zero-order chi connectivity index (χ0) is 15.9. The molecule has 2 fully saturated rings. The van der Waals surface area contributed by atoms with Crippen molar-refractivity contribution in [2.75, 3.05) is 6.54 Å². The first-order valence-electron chi connectivity index (χ1n) is 9.00. The lowest BCUT2D eigenvalue weighted by Crippen LogP contribution is -2.53. The van der Waals surface area contributed by atoms with E-state index in [0.29, 0.717) is 18.0 Å². The molecule has 0 radical (unpaired) electrons. The molecule has 2 nitrogen and oxygen atoms in total. The lowest BCUT2D eigenvalue weighted by molar-refractivity contribution is -0.139. The van der Waals surface area contributed by atoms with Gasteiger partial charge >= 0.3 is 0 Å². The second-order valence-corrected chi connectivity index (χ2v) is 7.66. The Morgan fingerprint density at radius 1 is 1.23 bits per heavy atom. The Morgan fingerprint density at radius 3 is 2.50 bits per heavy atom. The van der Waals surface area contributed by atoms with Gasteiger partial charge in [-0.3, -0.25) is 4.90 Å². The first kappa shape index (κ1) is 16.0. The van der Waals surface area contributed by atoms with Crippen LogP contribution in [-0.2, 0) is 4.74 Å². The molecule has 1 aliphatic heterocycles. The highest BCUT2D eigenvalue weighted by atomic mass is 16.5. The van der Waals surface area contributed by atoms with Crippen molar-refractivity contribution >= 4 is 0 Å². The van der Waals surface area contributed by atoms with Crippen LogP contribution in [0.25, 0.3) is 0 Å². The molecule has 0 N–H and O–H groups in total. The van der Waals surface area contributed by atoms with Gasteiger partial charge in [0.2, 0.25) is 0 Å². The molecule has 0 bridgehead atoms. The van der Waals surface area contributed by atoms with Gasteiger partial charge in [-0.25, -0.2) is 0 Å². The quantitative estimate of drug-likeness (QED) is 0.784. The van der Waals surface area contributed by atoms with Crippen LogP contribution in [0.5, 0.6) is 0 Å². The Kier molecular flexibility index (Phi) is 4.35. The predicted octanol–water partition coefficient (Wildman–Crippen LogP) is 4.90. The summed E-state index contributed by atoms with van der Waals surface area (Å²) in [6.45, 7) is 12.6. The fourth-order valence-corrected chi connectivity index (χ4v) is 4.01. The van der Waals surface area contributed by atoms with Crippen LogP contribution in [0.4, 0.5) is 0 Å². The van der Waals surface area contributed by atoms with Crippen LogP contribution < -0.4 is 0 Å². The maximum absolute atomic E-state index is 6.47. The van der Waals surface area contributed by atoms with Gasteiger partial charge in [0.1, 0.15) is 0 Å². The maximum Gasteiger partial charge on any atom is 0.0815 e. The van der Waals surface area contributed by atoms with Crippen molar-refractivity contribution in [3.8, 4) is 0 Å². The lowest BCUT2D eigenvalue weighted by Gasteiger charge is -2.48. The first-order valence-corrected chi connectivity index (χ1v) is 9.00. The minimum Gasteiger partial charge on any atom is -0.369 e. The van der Waals surface area contributed by atoms with E-state index in [1.54, 1.807) is 0 Å². The molecule has 1 saturated carbocycles. The highest BCUT2D eigenvalue weighted by molar-refractivity contribution is 5.34. The van der Waals surface area contributed by atoms with Crippen LogP contribution in [0.3, 0.4) is 0 Å². The van der Waals surface area contributed by atoms with Crippen LogP contribution in [0.15, 0.2) is 24.3 Å². The molecular weight excluding hydrogens is 270 g/mol. The number of morpholine rings is 1. The highest BCUT2D eigenvalue weighted by Gasteiger charge is 2.53. The molecule has 0 aromatic heterocycles. The normalized spacial score (nSPS) is 29.0. The van der Waals surface area contributed by atoms with Gasteiger partial charge in [0.15, 0.2) is 0 Å². The van der Waals surface area contributed by atoms with Crippen LogP contribution in [0.2, 0.25) is 0 Å². The zero-order valence-corrected chi connectivity index (χ0v) is 14.8. The molecule has 0 amide bonds. The summed E-state index contributed by atoms with van der Waals surface area (Å²) in [5, 5.41) is 0. The van der Waals surface area contributed by atoms with Gasteiger partial charge in [-0.2, -0.15) is 0 Å². The maximum atomic E-state index is 6.47. The number of hydrogen-bond acceptors (Lipinski definition) is 2. The van der Waals surface area contributed by atoms with Gasteiger partial charge in [0.05, 0.1) is 17.7 Å². The SMILES string of the molecule is CCC(C)N1CC2(CC2)OC(C)C1c1ccccc1C(C)C. The summed E-state index contributed by atoms with van der Waals surface area (Å²) in [5.41, 5.74) is 3.12. The van der Waals surface area contributed by atoms with Crippen molar-refractivity contribution in [2.45, 2.75) is 83.6 Å². The molecule has 1 saturated heterocycles. The van der Waals surface area contributed by atoms with Crippen LogP contribution in [0, 0.1) is 0 Å². The molecule has 3 unspecified atom stereocenters. The number of nitrogens with zero attached hydrogens (tertiary/aromatic N) is 1. The second-order valence-electron chi connectivity index (χ2n) is 7.66. The minimum absolute atomic E-state index is 0.173. The Bertz CT molecular complexity index is 520. The Balaban J connectivity index is 1.98. The van der Waals surface area contributed by atoms with Crippen molar-refractivity contribution in [1.82, 2.24) is 4.90 Å². The predicted molar refractivity (Wildman–Crippen MR) is 92.2 cm³/mol. The van der Waals surface area contributed by atoms with E-state index in [1.807, 2.05) is 0 Å². The Hall–Kier alpha value is -0.860. The van der Waals surface area contributed by atoms with E-state index in [2.05, 4.69) is 63.8 Å². The van der Waals surface area contributed by atoms with Gasteiger partial charge in [-0.05, 0) is 50.2 Å². The smallest absolute Gasteiger partial charge is 0.0815 e. The van der Waals surface area contributed by atoms with Crippen molar-refractivity contribution in [3.05, 3.63) is 35.4 Å². The summed E-state index contributed by atoms with van der Waals surface area (Å²) in [6, 6.07) is 9.96. The van der Waals surface area contributed by atoms with Gasteiger partial charge in [0, 0.05) is 12.6 Å². The molecule has 1 spiro atoms. The van der Waals surface area contributed by atoms with Crippen LogP contribution in [0.1, 0.15) is 77.0 Å². The van der Waals surface area contributed by atoms with Crippen molar-refractivity contribution in [3.63, 3.8) is 0 Å². The van der Waals surface area contributed by atoms with Crippen molar-refractivity contribution < 1.29 is 4.74 Å². The lowest BCUT2D eigenvalue weighted by atomic mass is 9.87. The minimum atomic E-state index is 0.173. The molecular formula is C20H31NO. The fourth-order valence-electron chi connectivity index (χ4n) is 4.01. The monoisotopic (exact) mass is 301 g/mol. The molecule has 1 aromatic rings. The van der Waals surface area contributed by atoms with Gasteiger partial charge < -0.3 is 4.74 Å². The summed E-state index contributed by atoms with van der Waals surface area (Å²) < 4.78 is 6.47. The van der Waals surface area contributed by atoms with Crippen molar-refractivity contribution in [1.29, 1.82) is 0 Å². The molecule has 1 aromatic carbocycles. The third-order valence-electron chi connectivity index (χ3n) is 5.61. The molecule has 1 aliphatic carbocycles. The van der Waals surface area contributed by atoms with Crippen LogP contribution in [-0.4, -0.2) is 29.2 Å². The summed E-state index contributed by atoms with van der Waals surface area (Å²) in [5.74, 6) is 0.555. The molecule has 3 atom stereocenters. The number of rotatable bonds is 4. The average molecular weight is 301 g/mol. The third kappa shape index (κ3) is 2.83. The van der Waals surface area contributed by atoms with E-state index in [1.165, 1.54) is 30.4 Å². The third-order valence-corrected chi connectivity index (χ3v) is 5.61. The van der Waals surface area contributed by atoms with Gasteiger partial charge in [-0.1, -0.05) is 45.0 Å². The largest absolute Gasteiger partial charge is 0.369 e. The second kappa shape index (κ2) is 5.98. The number of hydrogen-bond donors (Lipinski definition) is 0. The van der Waals surface area contributed by atoms with Gasteiger partial charge in [0.25, 0.3) is 0 Å². The number of benzene rings is 1. The standard InChI is InChI=1S/C20H31NO/c1-6-15(4)21-13-20(11-12-20)22-16(5)19(21)18-10-8-7-9-17(18)14(2)3/h7-10,14-16,19H,6,11-13H2,1-5H3. The zero-order valence-electron chi connectivity index (χ0n) is 14.8. The summed E-state index contributed by atoms with van der Waals surface area (Å²) in [7, 11) is 0. The van der Waals surface area contributed by atoms with E-state index >= 15 is 0 Å². The topological polar surface area (TPSA) is 12.5 Å². The van der Waals surface area contributed by atoms with Gasteiger partial charge in [-0.15, -0.1) is 0 Å². The molecule has 2 aliphatic rings. The van der Waals surface area contributed by atoms with E-state index in [-0.39, 0.29) is 11.7 Å². The summed E-state index contributed by atoms with van der Waals surface area (Å²) in [6.07, 6.45) is 3.94. The molecule has 22 heavy (non-hydrogen) atoms. The van der Waals surface area contributed by atoms with E-state index in [4.69, 9.17) is 4.74 Å². The Morgan fingerprint density at radius 2 is 1.91 bits per heavy atom.